The van der Waals surface area contributed by atoms with Gasteiger partial charge in [-0.3, -0.25) is 0 Å². The van der Waals surface area contributed by atoms with Crippen LogP contribution in [-0.4, -0.2) is 26.0 Å². The van der Waals surface area contributed by atoms with Crippen LogP contribution in [0.4, 0.5) is 0 Å². The Balaban J connectivity index is 2.63. The fraction of sp³-hybridized carbons (Fsp3) is 1.00. The van der Waals surface area contributed by atoms with E-state index in [-0.39, 0.29) is 5.54 Å². The van der Waals surface area contributed by atoms with Gasteiger partial charge in [-0.05, 0) is 58.2 Å². The number of nitrogens with one attached hydrogen (secondary N) is 1. The molecule has 0 radical (unpaired) electrons. The van der Waals surface area contributed by atoms with Crippen molar-refractivity contribution in [2.24, 2.45) is 0 Å². The quantitative estimate of drug-likeness (QED) is 0.772. The Hall–Kier alpha value is 0.137. The summed E-state index contributed by atoms with van der Waals surface area (Å²) in [5.41, 5.74) is 0.272. The molecule has 0 aromatic rings. The molecule has 0 unspecified atom stereocenters. The van der Waals surface area contributed by atoms with E-state index in [0.717, 1.165) is 0 Å². The summed E-state index contributed by atoms with van der Waals surface area (Å²) in [4.78, 5) is 0. The molecule has 0 amide bonds. The third kappa shape index (κ3) is 4.07. The Morgan fingerprint density at radius 1 is 1.28 bits per heavy atom. The first-order valence-corrected chi connectivity index (χ1v) is 10.3. The van der Waals surface area contributed by atoms with Gasteiger partial charge in [0.25, 0.3) is 0 Å². The highest BCUT2D eigenvalue weighted by Crippen LogP contribution is 2.38. The molecule has 1 heterocycles. The molecule has 0 aliphatic carbocycles. The van der Waals surface area contributed by atoms with Crippen molar-refractivity contribution >= 4 is 8.32 Å². The lowest BCUT2D eigenvalue weighted by Gasteiger charge is -2.44. The molecule has 0 saturated carbocycles. The second-order valence-electron chi connectivity index (χ2n) is 8.11. The molecular weight excluding hydrogens is 238 g/mol. The molecule has 1 fully saturated rings. The van der Waals surface area contributed by atoms with Gasteiger partial charge in [0.1, 0.15) is 0 Å². The van der Waals surface area contributed by atoms with E-state index in [4.69, 9.17) is 4.43 Å². The third-order valence-electron chi connectivity index (χ3n) is 4.75. The molecular formula is C15H33NOSi. The SMILES string of the molecule is C[C@H](O[Si](C)(C)C(C)(C)C)[C@@H]1CCCC(C)(C)N1. The normalized spacial score (nSPS) is 27.0. The summed E-state index contributed by atoms with van der Waals surface area (Å²) in [6, 6.07) is 0.517. The first-order valence-electron chi connectivity index (χ1n) is 7.40. The Morgan fingerprint density at radius 2 is 1.83 bits per heavy atom. The highest BCUT2D eigenvalue weighted by atomic mass is 28.4. The molecule has 1 aliphatic heterocycles. The molecule has 0 aromatic heterocycles. The van der Waals surface area contributed by atoms with Crippen molar-refractivity contribution in [3.8, 4) is 0 Å². The summed E-state index contributed by atoms with van der Waals surface area (Å²) in [5.74, 6) is 0. The molecule has 1 N–H and O–H groups in total. The molecule has 1 aliphatic rings. The van der Waals surface area contributed by atoms with Crippen molar-refractivity contribution in [3.05, 3.63) is 0 Å². The fourth-order valence-corrected chi connectivity index (χ4v) is 3.93. The van der Waals surface area contributed by atoms with Gasteiger partial charge in [-0.15, -0.1) is 0 Å². The summed E-state index contributed by atoms with van der Waals surface area (Å²) in [6.45, 7) is 18.5. The second kappa shape index (κ2) is 5.26. The van der Waals surface area contributed by atoms with Gasteiger partial charge < -0.3 is 9.74 Å². The zero-order valence-electron chi connectivity index (χ0n) is 13.7. The van der Waals surface area contributed by atoms with Crippen LogP contribution in [0.15, 0.2) is 0 Å². The summed E-state index contributed by atoms with van der Waals surface area (Å²) in [5, 5.41) is 4.06. The van der Waals surface area contributed by atoms with E-state index in [2.05, 4.69) is 60.0 Å². The van der Waals surface area contributed by atoms with Crippen LogP contribution in [0.5, 0.6) is 0 Å². The Labute approximate surface area is 115 Å². The van der Waals surface area contributed by atoms with Crippen molar-refractivity contribution in [1.82, 2.24) is 5.32 Å². The Morgan fingerprint density at radius 3 is 2.28 bits per heavy atom. The van der Waals surface area contributed by atoms with Crippen LogP contribution in [0, 0.1) is 0 Å². The zero-order chi connectivity index (χ0) is 14.2. The average Bonchev–Trinajstić information content (AvgIpc) is 2.13. The van der Waals surface area contributed by atoms with E-state index in [0.29, 0.717) is 17.2 Å². The van der Waals surface area contributed by atoms with Crippen molar-refractivity contribution in [3.63, 3.8) is 0 Å². The van der Waals surface area contributed by atoms with Crippen molar-refractivity contribution in [2.75, 3.05) is 0 Å². The van der Waals surface area contributed by atoms with Gasteiger partial charge in [-0.1, -0.05) is 20.8 Å². The largest absolute Gasteiger partial charge is 0.413 e. The van der Waals surface area contributed by atoms with Crippen LogP contribution in [-0.2, 0) is 4.43 Å². The van der Waals surface area contributed by atoms with Crippen LogP contribution < -0.4 is 5.32 Å². The smallest absolute Gasteiger partial charge is 0.192 e. The lowest BCUT2D eigenvalue weighted by atomic mass is 9.87. The summed E-state index contributed by atoms with van der Waals surface area (Å²) in [7, 11) is -1.64. The number of hydrogen-bond acceptors (Lipinski definition) is 2. The Kier molecular flexibility index (Phi) is 4.73. The van der Waals surface area contributed by atoms with Crippen LogP contribution in [0.3, 0.4) is 0 Å². The van der Waals surface area contributed by atoms with Gasteiger partial charge in [0.15, 0.2) is 8.32 Å². The average molecular weight is 272 g/mol. The highest BCUT2D eigenvalue weighted by Gasteiger charge is 2.40. The van der Waals surface area contributed by atoms with Crippen LogP contribution in [0.25, 0.3) is 0 Å². The summed E-state index contributed by atoms with van der Waals surface area (Å²) < 4.78 is 6.51. The number of hydrogen-bond donors (Lipinski definition) is 1. The van der Waals surface area contributed by atoms with Crippen LogP contribution in [0.1, 0.15) is 60.8 Å². The van der Waals surface area contributed by atoms with E-state index in [1.807, 2.05) is 0 Å². The van der Waals surface area contributed by atoms with Crippen molar-refractivity contribution in [2.45, 2.75) is 96.6 Å². The maximum Gasteiger partial charge on any atom is 0.192 e. The van der Waals surface area contributed by atoms with Crippen LogP contribution >= 0.6 is 0 Å². The maximum atomic E-state index is 6.51. The molecule has 0 spiro atoms. The predicted octanol–water partition coefficient (Wildman–Crippen LogP) is 4.32. The lowest BCUT2D eigenvalue weighted by Crippen LogP contribution is -2.56. The first kappa shape index (κ1) is 16.2. The minimum absolute atomic E-state index is 0.272. The van der Waals surface area contributed by atoms with E-state index in [1.54, 1.807) is 0 Å². The molecule has 0 aromatic carbocycles. The molecule has 108 valence electrons. The predicted molar refractivity (Wildman–Crippen MR) is 82.6 cm³/mol. The van der Waals surface area contributed by atoms with Gasteiger partial charge >= 0.3 is 0 Å². The van der Waals surface area contributed by atoms with E-state index < -0.39 is 8.32 Å². The summed E-state index contributed by atoms with van der Waals surface area (Å²) in [6.07, 6.45) is 4.16. The standard InChI is InChI=1S/C15H33NOSi/c1-12(17-18(7,8)14(2,3)4)13-10-9-11-15(5,6)16-13/h12-13,16H,9-11H2,1-8H3/t12-,13-/m0/s1. The van der Waals surface area contributed by atoms with Crippen molar-refractivity contribution in [1.29, 1.82) is 0 Å². The molecule has 2 atom stereocenters. The van der Waals surface area contributed by atoms with E-state index >= 15 is 0 Å². The minimum atomic E-state index is -1.64. The zero-order valence-corrected chi connectivity index (χ0v) is 14.7. The van der Waals surface area contributed by atoms with Gasteiger partial charge in [0.05, 0.1) is 6.10 Å². The van der Waals surface area contributed by atoms with E-state index in [1.165, 1.54) is 19.3 Å². The summed E-state index contributed by atoms with van der Waals surface area (Å²) >= 11 is 0. The van der Waals surface area contributed by atoms with Crippen molar-refractivity contribution < 1.29 is 4.43 Å². The maximum absolute atomic E-state index is 6.51. The van der Waals surface area contributed by atoms with E-state index in [9.17, 15) is 0 Å². The molecule has 1 rings (SSSR count). The molecule has 0 bridgehead atoms. The highest BCUT2D eigenvalue weighted by molar-refractivity contribution is 6.74. The van der Waals surface area contributed by atoms with Crippen LogP contribution in [0.2, 0.25) is 18.1 Å². The lowest BCUT2D eigenvalue weighted by molar-refractivity contribution is 0.105. The molecule has 2 nitrogen and oxygen atoms in total. The second-order valence-corrected chi connectivity index (χ2v) is 12.9. The van der Waals surface area contributed by atoms with Gasteiger partial charge in [-0.25, -0.2) is 0 Å². The minimum Gasteiger partial charge on any atom is -0.413 e. The third-order valence-corrected chi connectivity index (χ3v) is 9.32. The Bertz CT molecular complexity index is 281. The molecule has 3 heteroatoms. The molecule has 18 heavy (non-hydrogen) atoms. The molecule has 1 saturated heterocycles. The monoisotopic (exact) mass is 271 g/mol. The van der Waals surface area contributed by atoms with Gasteiger partial charge in [-0.2, -0.15) is 0 Å². The number of piperidine rings is 1. The number of rotatable bonds is 3. The topological polar surface area (TPSA) is 21.3 Å². The first-order chi connectivity index (χ1) is 7.95. The van der Waals surface area contributed by atoms with Gasteiger partial charge in [0.2, 0.25) is 0 Å². The van der Waals surface area contributed by atoms with Gasteiger partial charge in [0, 0.05) is 11.6 Å². The fourth-order valence-electron chi connectivity index (χ4n) is 2.49.